The monoisotopic (exact) mass is 179 g/mol. The second kappa shape index (κ2) is 3.36. The fourth-order valence-electron chi connectivity index (χ4n) is 0.967. The first-order valence-electron chi connectivity index (χ1n) is 3.91. The Hall–Kier alpha value is -1.69. The Morgan fingerprint density at radius 3 is 3.15 bits per heavy atom. The number of hydrogen-bond donors (Lipinski definition) is 2. The van der Waals surface area contributed by atoms with Gasteiger partial charge in [-0.25, -0.2) is 4.98 Å². The molecule has 0 atom stereocenters. The molecular weight excluding hydrogens is 170 g/mol. The van der Waals surface area contributed by atoms with Crippen LogP contribution >= 0.6 is 0 Å². The summed E-state index contributed by atoms with van der Waals surface area (Å²) in [6.07, 6.45) is 3.80. The highest BCUT2D eigenvalue weighted by molar-refractivity contribution is 5.45. The van der Waals surface area contributed by atoms with Crippen LogP contribution in [-0.4, -0.2) is 26.7 Å². The molecule has 13 heavy (non-hydrogen) atoms. The average molecular weight is 179 g/mol. The molecule has 0 radical (unpaired) electrons. The number of H-pyrrole nitrogens is 1. The number of aromatic amines is 1. The summed E-state index contributed by atoms with van der Waals surface area (Å²) < 4.78 is 4.94. The first-order chi connectivity index (χ1) is 6.40. The van der Waals surface area contributed by atoms with Gasteiger partial charge in [-0.2, -0.15) is 4.98 Å². The van der Waals surface area contributed by atoms with Gasteiger partial charge in [-0.15, -0.1) is 0 Å². The van der Waals surface area contributed by atoms with Gasteiger partial charge in [0.15, 0.2) is 0 Å². The van der Waals surface area contributed by atoms with Crippen LogP contribution in [0.1, 0.15) is 5.89 Å². The maximum absolute atomic E-state index is 5.34. The highest BCUT2D eigenvalue weighted by Gasteiger charge is 2.07. The Morgan fingerprint density at radius 2 is 2.46 bits per heavy atom. The van der Waals surface area contributed by atoms with E-state index in [0.717, 1.165) is 5.69 Å². The van der Waals surface area contributed by atoms with Crippen LogP contribution in [0.2, 0.25) is 0 Å². The predicted molar refractivity (Wildman–Crippen MR) is 44.6 cm³/mol. The highest BCUT2D eigenvalue weighted by atomic mass is 16.5. The SMILES string of the molecule is NCCc1nc(-c2cnc[nH]2)no1. The van der Waals surface area contributed by atoms with Crippen molar-refractivity contribution in [2.45, 2.75) is 6.42 Å². The summed E-state index contributed by atoms with van der Waals surface area (Å²) in [6.45, 7) is 0.505. The van der Waals surface area contributed by atoms with Gasteiger partial charge in [-0.1, -0.05) is 5.16 Å². The average Bonchev–Trinajstić information content (AvgIpc) is 2.70. The summed E-state index contributed by atoms with van der Waals surface area (Å²) in [5.41, 5.74) is 6.08. The highest BCUT2D eigenvalue weighted by Crippen LogP contribution is 2.10. The molecule has 0 bridgehead atoms. The Bertz CT molecular complexity index is 366. The van der Waals surface area contributed by atoms with Gasteiger partial charge in [0, 0.05) is 13.0 Å². The fourth-order valence-corrected chi connectivity index (χ4v) is 0.967. The van der Waals surface area contributed by atoms with Gasteiger partial charge in [0.1, 0.15) is 5.69 Å². The molecule has 0 aliphatic rings. The molecule has 0 amide bonds. The molecule has 0 saturated carbocycles. The van der Waals surface area contributed by atoms with E-state index in [1.807, 2.05) is 0 Å². The van der Waals surface area contributed by atoms with E-state index in [-0.39, 0.29) is 0 Å². The molecule has 2 aromatic heterocycles. The van der Waals surface area contributed by atoms with E-state index in [1.54, 1.807) is 12.5 Å². The summed E-state index contributed by atoms with van der Waals surface area (Å²) >= 11 is 0. The zero-order valence-corrected chi connectivity index (χ0v) is 6.90. The molecule has 3 N–H and O–H groups in total. The number of nitrogens with zero attached hydrogens (tertiary/aromatic N) is 3. The molecule has 0 fully saturated rings. The molecular formula is C7H9N5O. The lowest BCUT2D eigenvalue weighted by molar-refractivity contribution is 0.380. The Balaban J connectivity index is 2.23. The number of nitrogens with two attached hydrogens (primary N) is 1. The first-order valence-corrected chi connectivity index (χ1v) is 3.91. The Labute approximate surface area is 74.2 Å². The number of hydrogen-bond acceptors (Lipinski definition) is 5. The summed E-state index contributed by atoms with van der Waals surface area (Å²) in [4.78, 5) is 10.8. The van der Waals surface area contributed by atoms with Crippen LogP contribution in [-0.2, 0) is 6.42 Å². The van der Waals surface area contributed by atoms with Crippen molar-refractivity contribution in [3.63, 3.8) is 0 Å². The van der Waals surface area contributed by atoms with Crippen molar-refractivity contribution in [3.05, 3.63) is 18.4 Å². The van der Waals surface area contributed by atoms with Crippen LogP contribution < -0.4 is 5.73 Å². The molecule has 0 aliphatic heterocycles. The first kappa shape index (κ1) is 7.93. The molecule has 6 heteroatoms. The maximum atomic E-state index is 5.34. The molecule has 2 rings (SSSR count). The van der Waals surface area contributed by atoms with E-state index in [2.05, 4.69) is 20.1 Å². The molecule has 0 unspecified atom stereocenters. The van der Waals surface area contributed by atoms with Crippen LogP contribution in [0.15, 0.2) is 17.0 Å². The standard InChI is InChI=1S/C7H9N5O/c8-2-1-6-11-7(12-13-6)5-3-9-4-10-5/h3-4H,1-2,8H2,(H,9,10). The van der Waals surface area contributed by atoms with Crippen molar-refractivity contribution in [1.82, 2.24) is 20.1 Å². The molecule has 6 nitrogen and oxygen atoms in total. The minimum atomic E-state index is 0.505. The maximum Gasteiger partial charge on any atom is 0.228 e. The lowest BCUT2D eigenvalue weighted by atomic mass is 10.4. The zero-order chi connectivity index (χ0) is 9.10. The number of imidazole rings is 1. The summed E-state index contributed by atoms with van der Waals surface area (Å²) in [6, 6.07) is 0. The van der Waals surface area contributed by atoms with Crippen LogP contribution in [0.4, 0.5) is 0 Å². The van der Waals surface area contributed by atoms with Crippen LogP contribution in [0.25, 0.3) is 11.5 Å². The van der Waals surface area contributed by atoms with E-state index < -0.39 is 0 Å². The molecule has 0 aromatic carbocycles. The number of aromatic nitrogens is 4. The third kappa shape index (κ3) is 1.57. The lowest BCUT2D eigenvalue weighted by Gasteiger charge is -1.84. The third-order valence-electron chi connectivity index (χ3n) is 1.57. The van der Waals surface area contributed by atoms with E-state index in [0.29, 0.717) is 24.7 Å². The predicted octanol–water partition coefficient (Wildman–Crippen LogP) is -0.0391. The van der Waals surface area contributed by atoms with Crippen molar-refractivity contribution in [2.75, 3.05) is 6.54 Å². The normalized spacial score (nSPS) is 10.5. The Morgan fingerprint density at radius 1 is 1.54 bits per heavy atom. The van der Waals surface area contributed by atoms with E-state index >= 15 is 0 Å². The third-order valence-corrected chi connectivity index (χ3v) is 1.57. The van der Waals surface area contributed by atoms with Crippen molar-refractivity contribution in [2.24, 2.45) is 5.73 Å². The summed E-state index contributed by atoms with van der Waals surface area (Å²) in [5.74, 6) is 1.06. The number of rotatable bonds is 3. The van der Waals surface area contributed by atoms with Crippen LogP contribution in [0.3, 0.4) is 0 Å². The minimum absolute atomic E-state index is 0.505. The number of nitrogens with one attached hydrogen (secondary N) is 1. The quantitative estimate of drug-likeness (QED) is 0.689. The fraction of sp³-hybridized carbons (Fsp3) is 0.286. The van der Waals surface area contributed by atoms with Gasteiger partial charge >= 0.3 is 0 Å². The van der Waals surface area contributed by atoms with Gasteiger partial charge in [0.25, 0.3) is 0 Å². The van der Waals surface area contributed by atoms with Gasteiger partial charge in [-0.3, -0.25) is 0 Å². The van der Waals surface area contributed by atoms with Crippen LogP contribution in [0.5, 0.6) is 0 Å². The molecule has 0 spiro atoms. The molecule has 0 saturated heterocycles. The topological polar surface area (TPSA) is 93.6 Å². The Kier molecular flexibility index (Phi) is 2.05. The molecule has 2 heterocycles. The minimum Gasteiger partial charge on any atom is -0.342 e. The van der Waals surface area contributed by atoms with Gasteiger partial charge < -0.3 is 15.2 Å². The van der Waals surface area contributed by atoms with Crippen molar-refractivity contribution in [1.29, 1.82) is 0 Å². The zero-order valence-electron chi connectivity index (χ0n) is 6.90. The van der Waals surface area contributed by atoms with Gasteiger partial charge in [0.05, 0.1) is 12.5 Å². The second-order valence-corrected chi connectivity index (χ2v) is 2.52. The molecule has 2 aromatic rings. The van der Waals surface area contributed by atoms with Crippen LogP contribution in [0, 0.1) is 0 Å². The van der Waals surface area contributed by atoms with Crippen molar-refractivity contribution < 1.29 is 4.52 Å². The lowest BCUT2D eigenvalue weighted by Crippen LogP contribution is -2.02. The van der Waals surface area contributed by atoms with Gasteiger partial charge in [-0.05, 0) is 0 Å². The van der Waals surface area contributed by atoms with E-state index in [1.165, 1.54) is 0 Å². The molecule has 68 valence electrons. The second-order valence-electron chi connectivity index (χ2n) is 2.52. The summed E-state index contributed by atoms with van der Waals surface area (Å²) in [7, 11) is 0. The largest absolute Gasteiger partial charge is 0.342 e. The van der Waals surface area contributed by atoms with E-state index in [4.69, 9.17) is 10.3 Å². The molecule has 0 aliphatic carbocycles. The van der Waals surface area contributed by atoms with Gasteiger partial charge in [0.2, 0.25) is 11.7 Å². The summed E-state index contributed by atoms with van der Waals surface area (Å²) in [5, 5.41) is 3.76. The van der Waals surface area contributed by atoms with Crippen molar-refractivity contribution >= 4 is 0 Å². The van der Waals surface area contributed by atoms with E-state index in [9.17, 15) is 0 Å². The smallest absolute Gasteiger partial charge is 0.228 e. The van der Waals surface area contributed by atoms with Crippen molar-refractivity contribution in [3.8, 4) is 11.5 Å².